The average Bonchev–Trinajstić information content (AvgIpc) is 3.67. The summed E-state index contributed by atoms with van der Waals surface area (Å²) in [6.07, 6.45) is 6.92. The molecule has 1 N–H and O–H groups in total. The van der Waals surface area contributed by atoms with Gasteiger partial charge in [-0.05, 0) is 48.7 Å². The van der Waals surface area contributed by atoms with E-state index in [1.54, 1.807) is 0 Å². The lowest BCUT2D eigenvalue weighted by molar-refractivity contribution is 0.190. The van der Waals surface area contributed by atoms with E-state index in [4.69, 9.17) is 9.97 Å². The van der Waals surface area contributed by atoms with Gasteiger partial charge in [0.05, 0.1) is 5.69 Å². The van der Waals surface area contributed by atoms with Crippen LogP contribution in [0.1, 0.15) is 25.8 Å². The molecule has 7 nitrogen and oxygen atoms in total. The Morgan fingerprint density at radius 3 is 2.70 bits per heavy atom. The van der Waals surface area contributed by atoms with Crippen molar-refractivity contribution in [1.82, 2.24) is 24.3 Å². The average molecular weight is 490 g/mol. The molecular formula is C30H31N7. The van der Waals surface area contributed by atoms with Crippen molar-refractivity contribution >= 4 is 28.2 Å². The molecule has 186 valence electrons. The number of anilines is 2. The molecule has 0 amide bonds. The standard InChI is InChI=1S/C30H31N7/c1-20(2)36-18-24-15-23(36)19-37(24)30-34-27(16-28-31-13-14-35(28)30)26-11-6-12-32-29(26)33-17-22-9-5-8-21-7-3-4-10-25(21)22/h3-14,16,20,23-24H,15,17-19H2,1-2H3,(H,32,33). The lowest BCUT2D eigenvalue weighted by Gasteiger charge is -2.37. The maximum atomic E-state index is 5.23. The smallest absolute Gasteiger partial charge is 0.212 e. The van der Waals surface area contributed by atoms with Crippen LogP contribution in [0.4, 0.5) is 11.8 Å². The first-order valence-electron chi connectivity index (χ1n) is 13.2. The van der Waals surface area contributed by atoms with Crippen molar-refractivity contribution in [2.75, 3.05) is 23.3 Å². The minimum atomic E-state index is 0.485. The second-order valence-corrected chi connectivity index (χ2v) is 10.5. The molecule has 5 heterocycles. The molecule has 0 radical (unpaired) electrons. The fourth-order valence-electron chi connectivity index (χ4n) is 6.20. The highest BCUT2D eigenvalue weighted by Crippen LogP contribution is 2.36. The van der Waals surface area contributed by atoms with Crippen LogP contribution in [-0.4, -0.2) is 55.5 Å². The van der Waals surface area contributed by atoms with Crippen LogP contribution in [0.3, 0.4) is 0 Å². The molecule has 0 saturated carbocycles. The molecule has 37 heavy (non-hydrogen) atoms. The quantitative estimate of drug-likeness (QED) is 0.353. The largest absolute Gasteiger partial charge is 0.365 e. The van der Waals surface area contributed by atoms with Crippen molar-refractivity contribution in [2.24, 2.45) is 0 Å². The first kappa shape index (κ1) is 22.2. The van der Waals surface area contributed by atoms with Crippen molar-refractivity contribution in [2.45, 2.75) is 44.9 Å². The van der Waals surface area contributed by atoms with Crippen LogP contribution in [0, 0.1) is 0 Å². The van der Waals surface area contributed by atoms with Crippen LogP contribution in [0.15, 0.2) is 79.3 Å². The highest BCUT2D eigenvalue weighted by atomic mass is 15.4. The molecule has 2 saturated heterocycles. The van der Waals surface area contributed by atoms with Crippen LogP contribution >= 0.6 is 0 Å². The van der Waals surface area contributed by atoms with E-state index in [0.717, 1.165) is 41.8 Å². The minimum absolute atomic E-state index is 0.485. The summed E-state index contributed by atoms with van der Waals surface area (Å²) in [4.78, 5) is 19.7. The van der Waals surface area contributed by atoms with E-state index in [1.165, 1.54) is 22.8 Å². The van der Waals surface area contributed by atoms with Crippen molar-refractivity contribution in [3.63, 3.8) is 0 Å². The zero-order valence-corrected chi connectivity index (χ0v) is 21.2. The number of nitrogens with one attached hydrogen (secondary N) is 1. The molecule has 2 unspecified atom stereocenters. The van der Waals surface area contributed by atoms with Gasteiger partial charge >= 0.3 is 0 Å². The van der Waals surface area contributed by atoms with Crippen LogP contribution in [0.25, 0.3) is 27.7 Å². The van der Waals surface area contributed by atoms with Gasteiger partial charge in [-0.1, -0.05) is 42.5 Å². The lowest BCUT2D eigenvalue weighted by atomic mass is 10.0. The molecule has 2 aliphatic heterocycles. The van der Waals surface area contributed by atoms with Crippen molar-refractivity contribution in [1.29, 1.82) is 0 Å². The molecule has 3 aromatic heterocycles. The second-order valence-electron chi connectivity index (χ2n) is 10.5. The summed E-state index contributed by atoms with van der Waals surface area (Å²) < 4.78 is 2.13. The van der Waals surface area contributed by atoms with E-state index in [1.807, 2.05) is 24.7 Å². The van der Waals surface area contributed by atoms with E-state index in [9.17, 15) is 0 Å². The third kappa shape index (κ3) is 3.81. The number of benzene rings is 2. The number of aromatic nitrogens is 4. The fourth-order valence-corrected chi connectivity index (χ4v) is 6.20. The number of hydrogen-bond acceptors (Lipinski definition) is 6. The van der Waals surface area contributed by atoms with Crippen LogP contribution in [0.5, 0.6) is 0 Å². The van der Waals surface area contributed by atoms with Crippen molar-refractivity contribution in [3.8, 4) is 11.3 Å². The number of imidazole rings is 1. The molecule has 0 spiro atoms. The molecule has 0 aliphatic carbocycles. The van der Waals surface area contributed by atoms with E-state index in [-0.39, 0.29) is 0 Å². The third-order valence-electron chi connectivity index (χ3n) is 7.98. The number of nitrogens with zero attached hydrogens (tertiary/aromatic N) is 6. The number of likely N-dealkylation sites (tertiary alicyclic amines) is 1. The summed E-state index contributed by atoms with van der Waals surface area (Å²) in [7, 11) is 0. The van der Waals surface area contributed by atoms with Gasteiger partial charge in [0.15, 0.2) is 0 Å². The molecule has 7 heteroatoms. The van der Waals surface area contributed by atoms with Gasteiger partial charge in [-0.2, -0.15) is 0 Å². The Labute approximate surface area is 216 Å². The second kappa shape index (κ2) is 8.85. The van der Waals surface area contributed by atoms with Gasteiger partial charge in [0.2, 0.25) is 5.95 Å². The topological polar surface area (TPSA) is 61.6 Å². The summed E-state index contributed by atoms with van der Waals surface area (Å²) >= 11 is 0. The number of hydrogen-bond donors (Lipinski definition) is 1. The highest BCUT2D eigenvalue weighted by molar-refractivity contribution is 5.86. The predicted octanol–water partition coefficient (Wildman–Crippen LogP) is 5.23. The maximum Gasteiger partial charge on any atom is 0.212 e. The number of fused-ring (bicyclic) bond motifs is 4. The molecular weight excluding hydrogens is 458 g/mol. The molecule has 2 fully saturated rings. The summed E-state index contributed by atoms with van der Waals surface area (Å²) in [5.41, 5.74) is 4.04. The Morgan fingerprint density at radius 1 is 0.946 bits per heavy atom. The zero-order valence-electron chi connectivity index (χ0n) is 21.2. The highest BCUT2D eigenvalue weighted by Gasteiger charge is 2.45. The van der Waals surface area contributed by atoms with Crippen LogP contribution < -0.4 is 10.2 Å². The van der Waals surface area contributed by atoms with Gasteiger partial charge in [0, 0.05) is 68.0 Å². The lowest BCUT2D eigenvalue weighted by Crippen LogP contribution is -2.49. The van der Waals surface area contributed by atoms with Gasteiger partial charge in [-0.15, -0.1) is 0 Å². The minimum Gasteiger partial charge on any atom is -0.365 e. The Kier molecular flexibility index (Phi) is 5.32. The normalized spacial score (nSPS) is 19.5. The predicted molar refractivity (Wildman–Crippen MR) is 149 cm³/mol. The molecule has 7 rings (SSSR count). The van der Waals surface area contributed by atoms with E-state index in [2.05, 4.69) is 92.9 Å². The van der Waals surface area contributed by atoms with Crippen molar-refractivity contribution in [3.05, 3.63) is 84.8 Å². The molecule has 2 aliphatic rings. The number of piperazine rings is 1. The van der Waals surface area contributed by atoms with E-state index < -0.39 is 0 Å². The van der Waals surface area contributed by atoms with Crippen molar-refractivity contribution < 1.29 is 0 Å². The Balaban J connectivity index is 1.23. The van der Waals surface area contributed by atoms with Gasteiger partial charge < -0.3 is 10.2 Å². The number of pyridine rings is 1. The Hall–Kier alpha value is -3.97. The summed E-state index contributed by atoms with van der Waals surface area (Å²) in [6.45, 7) is 7.38. The van der Waals surface area contributed by atoms with Crippen LogP contribution in [-0.2, 0) is 6.54 Å². The molecule has 2 atom stereocenters. The zero-order chi connectivity index (χ0) is 24.9. The first-order chi connectivity index (χ1) is 18.2. The molecule has 5 aromatic rings. The third-order valence-corrected chi connectivity index (χ3v) is 7.98. The monoisotopic (exact) mass is 489 g/mol. The SMILES string of the molecule is CC(C)N1CC2CC1CN2c1nc(-c2cccnc2NCc2cccc3ccccc23)cc2nccn12. The van der Waals surface area contributed by atoms with Gasteiger partial charge in [0.1, 0.15) is 11.5 Å². The Morgan fingerprint density at radius 2 is 1.84 bits per heavy atom. The molecule has 2 aromatic carbocycles. The summed E-state index contributed by atoms with van der Waals surface area (Å²) in [6, 6.07) is 22.7. The fraction of sp³-hybridized carbons (Fsp3) is 0.300. The summed E-state index contributed by atoms with van der Waals surface area (Å²) in [5, 5.41) is 6.10. The maximum absolute atomic E-state index is 5.23. The number of rotatable bonds is 6. The Bertz CT molecular complexity index is 1580. The molecule has 2 bridgehead atoms. The van der Waals surface area contributed by atoms with E-state index >= 15 is 0 Å². The van der Waals surface area contributed by atoms with Gasteiger partial charge in [0.25, 0.3) is 0 Å². The van der Waals surface area contributed by atoms with Gasteiger partial charge in [-0.3, -0.25) is 9.30 Å². The first-order valence-corrected chi connectivity index (χ1v) is 13.2. The van der Waals surface area contributed by atoms with Gasteiger partial charge in [-0.25, -0.2) is 15.0 Å². The van der Waals surface area contributed by atoms with Crippen LogP contribution in [0.2, 0.25) is 0 Å². The summed E-state index contributed by atoms with van der Waals surface area (Å²) in [5.74, 6) is 1.81. The van der Waals surface area contributed by atoms with E-state index in [0.29, 0.717) is 24.7 Å².